The largest absolute Gasteiger partial charge is 0.0625 e. The first-order valence-electron chi connectivity index (χ1n) is 11.2. The Balaban J connectivity index is 1.40. The minimum absolute atomic E-state index is 0.581. The molecule has 0 spiro atoms. The lowest BCUT2D eigenvalue weighted by atomic mass is 9.49. The highest BCUT2D eigenvalue weighted by Gasteiger charge is 2.56. The van der Waals surface area contributed by atoms with Crippen LogP contribution in [-0.4, -0.2) is 0 Å². The maximum atomic E-state index is 2.67. The first-order chi connectivity index (χ1) is 12.2. The van der Waals surface area contributed by atoms with Crippen LogP contribution in [0, 0.1) is 40.9 Å². The smallest absolute Gasteiger partial charge is 0.0105 e. The Morgan fingerprint density at radius 2 is 1.60 bits per heavy atom. The summed E-state index contributed by atoms with van der Waals surface area (Å²) in [7, 11) is 0. The van der Waals surface area contributed by atoms with Gasteiger partial charge in [0, 0.05) is 0 Å². The molecule has 4 aliphatic carbocycles. The van der Waals surface area contributed by atoms with Gasteiger partial charge in [-0.1, -0.05) is 50.6 Å². The van der Waals surface area contributed by atoms with E-state index < -0.39 is 0 Å². The molecule has 8 atom stereocenters. The summed E-state index contributed by atoms with van der Waals surface area (Å²) in [5.41, 5.74) is 2.21. The quantitative estimate of drug-likeness (QED) is 0.515. The van der Waals surface area contributed by atoms with Crippen LogP contribution in [0.25, 0.3) is 0 Å². The van der Waals surface area contributed by atoms with Crippen LogP contribution < -0.4 is 0 Å². The van der Waals surface area contributed by atoms with E-state index in [0.717, 1.165) is 41.4 Å². The molecular weight excluding hydrogens is 300 g/mol. The van der Waals surface area contributed by atoms with Gasteiger partial charge < -0.3 is 0 Å². The third-order valence-corrected chi connectivity index (χ3v) is 9.42. The second-order valence-corrected chi connectivity index (χ2v) is 10.4. The first kappa shape index (κ1) is 16.4. The summed E-state index contributed by atoms with van der Waals surface area (Å²) in [4.78, 5) is 0. The Kier molecular flexibility index (Phi) is 4.03. The molecule has 0 heteroatoms. The fraction of sp³-hybridized carbons (Fsp3) is 0.760. The van der Waals surface area contributed by atoms with E-state index in [1.807, 2.05) is 0 Å². The molecule has 25 heavy (non-hydrogen) atoms. The molecule has 4 aliphatic rings. The van der Waals surface area contributed by atoms with Gasteiger partial charge in [0.1, 0.15) is 0 Å². The van der Waals surface area contributed by atoms with E-state index in [9.17, 15) is 0 Å². The lowest BCUT2D eigenvalue weighted by Gasteiger charge is -2.56. The van der Waals surface area contributed by atoms with Crippen molar-refractivity contribution in [2.45, 2.75) is 77.6 Å². The van der Waals surface area contributed by atoms with Gasteiger partial charge in [0.25, 0.3) is 0 Å². The van der Waals surface area contributed by atoms with Crippen LogP contribution in [0.2, 0.25) is 0 Å². The standard InChI is InChI=1S/C25H36/c1-17-8-10-20-19(16-17)9-11-22-21(20)14-15-25(2)23(12-13-24(22)25)18-6-4-3-5-7-18/h3-7,17,19-24H,8-16H2,1-2H3. The Hall–Kier alpha value is -0.780. The zero-order valence-corrected chi connectivity index (χ0v) is 16.3. The number of fused-ring (bicyclic) bond motifs is 5. The topological polar surface area (TPSA) is 0 Å². The molecule has 8 unspecified atom stereocenters. The highest BCUT2D eigenvalue weighted by molar-refractivity contribution is 5.25. The SMILES string of the molecule is CC1CCC2C(CCC3C2CCC2(C)C(c4ccccc4)CCC32)C1. The van der Waals surface area contributed by atoms with E-state index in [0.29, 0.717) is 5.41 Å². The molecule has 4 saturated carbocycles. The molecule has 1 aromatic rings. The van der Waals surface area contributed by atoms with Crippen LogP contribution in [0.3, 0.4) is 0 Å². The summed E-state index contributed by atoms with van der Waals surface area (Å²) in [6.07, 6.45) is 13.7. The van der Waals surface area contributed by atoms with Crippen LogP contribution in [0.4, 0.5) is 0 Å². The fourth-order valence-electron chi connectivity index (χ4n) is 8.32. The van der Waals surface area contributed by atoms with Gasteiger partial charge in [-0.15, -0.1) is 0 Å². The van der Waals surface area contributed by atoms with Crippen molar-refractivity contribution in [3.8, 4) is 0 Å². The number of rotatable bonds is 1. The lowest BCUT2D eigenvalue weighted by molar-refractivity contribution is -0.0595. The van der Waals surface area contributed by atoms with Crippen molar-refractivity contribution >= 4 is 0 Å². The summed E-state index contributed by atoms with van der Waals surface area (Å²) < 4.78 is 0. The van der Waals surface area contributed by atoms with Crippen LogP contribution in [0.5, 0.6) is 0 Å². The molecule has 0 aliphatic heterocycles. The van der Waals surface area contributed by atoms with Gasteiger partial charge in [-0.25, -0.2) is 0 Å². The highest BCUT2D eigenvalue weighted by atomic mass is 14.6. The molecule has 0 nitrogen and oxygen atoms in total. The van der Waals surface area contributed by atoms with E-state index in [4.69, 9.17) is 0 Å². The summed E-state index contributed by atoms with van der Waals surface area (Å²) in [5.74, 6) is 7.15. The molecule has 0 N–H and O–H groups in total. The van der Waals surface area contributed by atoms with Crippen molar-refractivity contribution in [3.05, 3.63) is 35.9 Å². The van der Waals surface area contributed by atoms with Crippen molar-refractivity contribution < 1.29 is 0 Å². The molecule has 0 bridgehead atoms. The van der Waals surface area contributed by atoms with Crippen molar-refractivity contribution in [2.24, 2.45) is 40.9 Å². The van der Waals surface area contributed by atoms with E-state index >= 15 is 0 Å². The second-order valence-electron chi connectivity index (χ2n) is 10.4. The molecule has 0 saturated heterocycles. The summed E-state index contributed by atoms with van der Waals surface area (Å²) >= 11 is 0. The van der Waals surface area contributed by atoms with Crippen LogP contribution in [-0.2, 0) is 0 Å². The first-order valence-corrected chi connectivity index (χ1v) is 11.2. The molecule has 4 fully saturated rings. The lowest BCUT2D eigenvalue weighted by Crippen LogP contribution is -2.48. The average molecular weight is 337 g/mol. The Labute approximate surface area is 154 Å². The van der Waals surface area contributed by atoms with Crippen LogP contribution in [0.15, 0.2) is 30.3 Å². The normalized spacial score (nSPS) is 49.1. The van der Waals surface area contributed by atoms with Gasteiger partial charge in [0.05, 0.1) is 0 Å². The summed E-state index contributed by atoms with van der Waals surface area (Å²) in [6, 6.07) is 11.5. The van der Waals surface area contributed by atoms with Gasteiger partial charge in [0.15, 0.2) is 0 Å². The zero-order chi connectivity index (χ0) is 17.0. The molecular formula is C25H36. The maximum absolute atomic E-state index is 2.67. The minimum atomic E-state index is 0.581. The van der Waals surface area contributed by atoms with Crippen molar-refractivity contribution in [3.63, 3.8) is 0 Å². The van der Waals surface area contributed by atoms with Gasteiger partial charge in [-0.05, 0) is 104 Å². The van der Waals surface area contributed by atoms with Gasteiger partial charge in [-0.3, -0.25) is 0 Å². The third-order valence-electron chi connectivity index (χ3n) is 9.42. The van der Waals surface area contributed by atoms with E-state index in [1.165, 1.54) is 32.1 Å². The predicted octanol–water partition coefficient (Wildman–Crippen LogP) is 7.06. The molecule has 136 valence electrons. The molecule has 0 amide bonds. The number of benzene rings is 1. The van der Waals surface area contributed by atoms with Gasteiger partial charge in [-0.2, -0.15) is 0 Å². The van der Waals surface area contributed by atoms with Crippen LogP contribution in [0.1, 0.15) is 83.1 Å². The monoisotopic (exact) mass is 336 g/mol. The Morgan fingerprint density at radius 1 is 0.800 bits per heavy atom. The predicted molar refractivity (Wildman–Crippen MR) is 105 cm³/mol. The summed E-state index contributed by atoms with van der Waals surface area (Å²) in [6.45, 7) is 5.18. The highest BCUT2D eigenvalue weighted by Crippen LogP contribution is 2.66. The van der Waals surface area contributed by atoms with Crippen molar-refractivity contribution in [1.82, 2.24) is 0 Å². The third kappa shape index (κ3) is 2.54. The number of hydrogen-bond acceptors (Lipinski definition) is 0. The second kappa shape index (κ2) is 6.14. The molecule has 0 aromatic heterocycles. The summed E-state index contributed by atoms with van der Waals surface area (Å²) in [5, 5.41) is 0. The average Bonchev–Trinajstić information content (AvgIpc) is 2.99. The van der Waals surface area contributed by atoms with Crippen LogP contribution >= 0.6 is 0 Å². The Bertz CT molecular complexity index is 604. The molecule has 0 heterocycles. The minimum Gasteiger partial charge on any atom is -0.0625 e. The fourth-order valence-corrected chi connectivity index (χ4v) is 8.32. The van der Waals surface area contributed by atoms with Gasteiger partial charge in [0.2, 0.25) is 0 Å². The van der Waals surface area contributed by atoms with Crippen molar-refractivity contribution in [1.29, 1.82) is 0 Å². The molecule has 0 radical (unpaired) electrons. The zero-order valence-electron chi connectivity index (χ0n) is 16.3. The van der Waals surface area contributed by atoms with Gasteiger partial charge >= 0.3 is 0 Å². The van der Waals surface area contributed by atoms with E-state index in [1.54, 1.807) is 31.2 Å². The van der Waals surface area contributed by atoms with Crippen molar-refractivity contribution in [2.75, 3.05) is 0 Å². The molecule has 5 rings (SSSR count). The van der Waals surface area contributed by atoms with E-state index in [2.05, 4.69) is 44.2 Å². The maximum Gasteiger partial charge on any atom is -0.0105 e. The van der Waals surface area contributed by atoms with E-state index in [-0.39, 0.29) is 0 Å². The number of hydrogen-bond donors (Lipinski definition) is 0. The molecule has 1 aromatic carbocycles. The Morgan fingerprint density at radius 3 is 2.44 bits per heavy atom.